The van der Waals surface area contributed by atoms with Crippen LogP contribution in [0.25, 0.3) is 0 Å². The van der Waals surface area contributed by atoms with Gasteiger partial charge >= 0.3 is 0 Å². The third-order valence-electron chi connectivity index (χ3n) is 0.696. The Kier molecular flexibility index (Phi) is 13.5. The highest BCUT2D eigenvalue weighted by atomic mass is 16.1. The van der Waals surface area contributed by atoms with E-state index in [-0.39, 0.29) is 20.6 Å². The summed E-state index contributed by atoms with van der Waals surface area (Å²) in [5.41, 5.74) is 0. The van der Waals surface area contributed by atoms with E-state index in [0.29, 0.717) is 5.92 Å². The van der Waals surface area contributed by atoms with Crippen molar-refractivity contribution in [1.29, 1.82) is 0 Å². The highest BCUT2D eigenvalue weighted by molar-refractivity contribution is 5.75. The van der Waals surface area contributed by atoms with Crippen molar-refractivity contribution < 1.29 is 4.79 Å². The van der Waals surface area contributed by atoms with Crippen LogP contribution in [0.4, 0.5) is 0 Å². The van der Waals surface area contributed by atoms with Gasteiger partial charge in [-0.15, -0.1) is 0 Å². The molecule has 9 heavy (non-hydrogen) atoms. The lowest BCUT2D eigenvalue weighted by Gasteiger charge is -1.95. The Labute approximate surface area is 59.5 Å². The largest absolute Gasteiger partial charge is 0.300 e. The normalized spacial score (nSPS) is 7.56. The summed E-state index contributed by atoms with van der Waals surface area (Å²) in [5.74, 6) is 0.813. The third kappa shape index (κ3) is 18.3. The molecular formula is C8H20O. The first kappa shape index (κ1) is 15.9. The first-order valence-corrected chi connectivity index (χ1v) is 2.62. The molecule has 0 saturated carbocycles. The van der Waals surface area contributed by atoms with Gasteiger partial charge in [0.15, 0.2) is 0 Å². The molecule has 0 aromatic heterocycles. The first-order chi connectivity index (χ1) is 3.13. The summed E-state index contributed by atoms with van der Waals surface area (Å²) in [6.45, 7) is 5.71. The monoisotopic (exact) mass is 132 g/mol. The van der Waals surface area contributed by atoms with Crippen LogP contribution in [0.3, 0.4) is 0 Å². The van der Waals surface area contributed by atoms with Gasteiger partial charge in [-0.2, -0.15) is 0 Å². The zero-order chi connectivity index (χ0) is 5.86. The van der Waals surface area contributed by atoms with Crippen LogP contribution < -0.4 is 0 Å². The summed E-state index contributed by atoms with van der Waals surface area (Å²) in [4.78, 5) is 10.3. The average Bonchev–Trinajstić information content (AvgIpc) is 1.27. The molecule has 0 rings (SSSR count). The van der Waals surface area contributed by atoms with Crippen molar-refractivity contribution in [2.24, 2.45) is 5.92 Å². The first-order valence-electron chi connectivity index (χ1n) is 2.62. The standard InChI is InChI=1S/C6H12O.2CH4/c1-5(2)4-6(3)7;;/h5H,4H2,1-3H3;2*1H4. The number of carbonyl (C=O) groups is 1. The Bertz CT molecular complexity index is 65.0. The zero-order valence-electron chi connectivity index (χ0n) is 5.19. The van der Waals surface area contributed by atoms with Crippen LogP contribution in [-0.2, 0) is 4.79 Å². The van der Waals surface area contributed by atoms with E-state index in [1.54, 1.807) is 6.92 Å². The highest BCUT2D eigenvalue weighted by Crippen LogP contribution is 1.97. The van der Waals surface area contributed by atoms with Crippen LogP contribution in [0.15, 0.2) is 0 Å². The zero-order valence-corrected chi connectivity index (χ0v) is 5.19. The molecule has 0 unspecified atom stereocenters. The van der Waals surface area contributed by atoms with E-state index in [4.69, 9.17) is 0 Å². The minimum absolute atomic E-state index is 0. The van der Waals surface area contributed by atoms with Crippen LogP contribution in [0.1, 0.15) is 42.0 Å². The number of carbonyl (C=O) groups excluding carboxylic acids is 1. The smallest absolute Gasteiger partial charge is 0.130 e. The third-order valence-corrected chi connectivity index (χ3v) is 0.696. The van der Waals surface area contributed by atoms with Gasteiger partial charge in [0.2, 0.25) is 0 Å². The van der Waals surface area contributed by atoms with Crippen molar-refractivity contribution in [3.05, 3.63) is 0 Å². The van der Waals surface area contributed by atoms with Gasteiger partial charge in [0.25, 0.3) is 0 Å². The Balaban J connectivity index is -0.000000180. The maximum absolute atomic E-state index is 10.3. The van der Waals surface area contributed by atoms with Crippen molar-refractivity contribution in [3.63, 3.8) is 0 Å². The quantitative estimate of drug-likeness (QED) is 0.564. The highest BCUT2D eigenvalue weighted by Gasteiger charge is 1.95. The summed E-state index contributed by atoms with van der Waals surface area (Å²) >= 11 is 0. The molecule has 0 fully saturated rings. The second kappa shape index (κ2) is 7.67. The van der Waals surface area contributed by atoms with E-state index >= 15 is 0 Å². The molecule has 0 spiro atoms. The van der Waals surface area contributed by atoms with Crippen molar-refractivity contribution in [1.82, 2.24) is 0 Å². The Morgan fingerprint density at radius 3 is 1.67 bits per heavy atom. The average molecular weight is 132 g/mol. The number of hydrogen-bond donors (Lipinski definition) is 0. The Hall–Kier alpha value is -0.330. The number of hydrogen-bond acceptors (Lipinski definition) is 1. The molecule has 0 aliphatic carbocycles. The van der Waals surface area contributed by atoms with Crippen LogP contribution in [-0.4, -0.2) is 5.78 Å². The molecule has 1 heteroatoms. The second-order valence-electron chi connectivity index (χ2n) is 2.30. The summed E-state index contributed by atoms with van der Waals surface area (Å²) in [5, 5.41) is 0. The summed E-state index contributed by atoms with van der Waals surface area (Å²) in [6, 6.07) is 0. The lowest BCUT2D eigenvalue weighted by atomic mass is 10.1. The predicted octanol–water partition coefficient (Wildman–Crippen LogP) is 2.89. The molecule has 0 aromatic carbocycles. The van der Waals surface area contributed by atoms with Gasteiger partial charge in [0.1, 0.15) is 5.78 Å². The fraction of sp³-hybridized carbons (Fsp3) is 0.875. The maximum Gasteiger partial charge on any atom is 0.130 e. The molecule has 0 amide bonds. The molecule has 1 nitrogen and oxygen atoms in total. The molecule has 0 N–H and O–H groups in total. The SMILES string of the molecule is C.C.CC(=O)CC(C)C. The number of Topliss-reactive ketones (excluding diaryl/α,β-unsaturated/α-hetero) is 1. The van der Waals surface area contributed by atoms with E-state index in [9.17, 15) is 4.79 Å². The van der Waals surface area contributed by atoms with Crippen molar-refractivity contribution in [2.45, 2.75) is 42.0 Å². The lowest BCUT2D eigenvalue weighted by molar-refractivity contribution is -0.117. The Morgan fingerprint density at radius 1 is 1.33 bits per heavy atom. The van der Waals surface area contributed by atoms with Gasteiger partial charge in [0, 0.05) is 6.42 Å². The Morgan fingerprint density at radius 2 is 1.67 bits per heavy atom. The van der Waals surface area contributed by atoms with Gasteiger partial charge in [-0.3, -0.25) is 0 Å². The molecule has 0 radical (unpaired) electrons. The van der Waals surface area contributed by atoms with Crippen molar-refractivity contribution >= 4 is 5.78 Å². The van der Waals surface area contributed by atoms with Gasteiger partial charge in [-0.05, 0) is 12.8 Å². The summed E-state index contributed by atoms with van der Waals surface area (Å²) in [7, 11) is 0. The van der Waals surface area contributed by atoms with Crippen LogP contribution in [0, 0.1) is 5.92 Å². The van der Waals surface area contributed by atoms with E-state index in [1.807, 2.05) is 13.8 Å². The lowest BCUT2D eigenvalue weighted by Crippen LogP contribution is -1.95. The summed E-state index contributed by atoms with van der Waals surface area (Å²) in [6.07, 6.45) is 0.722. The molecule has 0 heterocycles. The van der Waals surface area contributed by atoms with E-state index < -0.39 is 0 Å². The molecule has 0 saturated heterocycles. The van der Waals surface area contributed by atoms with Crippen molar-refractivity contribution in [2.75, 3.05) is 0 Å². The van der Waals surface area contributed by atoms with Gasteiger partial charge < -0.3 is 4.79 Å². The summed E-state index contributed by atoms with van der Waals surface area (Å²) < 4.78 is 0. The van der Waals surface area contributed by atoms with Crippen LogP contribution in [0.5, 0.6) is 0 Å². The molecule has 58 valence electrons. The van der Waals surface area contributed by atoms with E-state index in [1.165, 1.54) is 0 Å². The van der Waals surface area contributed by atoms with E-state index in [0.717, 1.165) is 6.42 Å². The van der Waals surface area contributed by atoms with Crippen molar-refractivity contribution in [3.8, 4) is 0 Å². The second-order valence-corrected chi connectivity index (χ2v) is 2.30. The minimum Gasteiger partial charge on any atom is -0.300 e. The molecule has 0 atom stereocenters. The molecular weight excluding hydrogens is 112 g/mol. The fourth-order valence-electron chi connectivity index (χ4n) is 0.575. The predicted molar refractivity (Wildman–Crippen MR) is 43.6 cm³/mol. The van der Waals surface area contributed by atoms with Crippen LogP contribution in [0.2, 0.25) is 0 Å². The maximum atomic E-state index is 10.3. The topological polar surface area (TPSA) is 17.1 Å². The van der Waals surface area contributed by atoms with Gasteiger partial charge in [0.05, 0.1) is 0 Å². The number of ketones is 1. The molecule has 0 bridgehead atoms. The minimum atomic E-state index is 0. The number of rotatable bonds is 2. The molecule has 0 aliphatic heterocycles. The molecule has 0 aromatic rings. The fourth-order valence-corrected chi connectivity index (χ4v) is 0.575. The molecule has 0 aliphatic rings. The van der Waals surface area contributed by atoms with Gasteiger partial charge in [-0.1, -0.05) is 28.7 Å². The van der Waals surface area contributed by atoms with Gasteiger partial charge in [-0.25, -0.2) is 0 Å². The van der Waals surface area contributed by atoms with Crippen LogP contribution >= 0.6 is 0 Å². The van der Waals surface area contributed by atoms with E-state index in [2.05, 4.69) is 0 Å².